The molecule has 2 atom stereocenters. The molecular formula is C25H33N. The van der Waals surface area contributed by atoms with Crippen molar-refractivity contribution in [3.63, 3.8) is 0 Å². The van der Waals surface area contributed by atoms with Crippen LogP contribution in [0.15, 0.2) is 71.8 Å². The van der Waals surface area contributed by atoms with Gasteiger partial charge in [0.15, 0.2) is 0 Å². The van der Waals surface area contributed by atoms with Gasteiger partial charge in [0.1, 0.15) is 0 Å². The van der Waals surface area contributed by atoms with Gasteiger partial charge >= 0.3 is 0 Å². The fraction of sp³-hybridized carbons (Fsp3) is 0.440. The van der Waals surface area contributed by atoms with Crippen LogP contribution in [0.5, 0.6) is 0 Å². The van der Waals surface area contributed by atoms with E-state index in [1.54, 1.807) is 11.1 Å². The van der Waals surface area contributed by atoms with E-state index in [0.29, 0.717) is 12.1 Å². The van der Waals surface area contributed by atoms with Crippen molar-refractivity contribution < 1.29 is 0 Å². The molecule has 138 valence electrons. The zero-order valence-corrected chi connectivity index (χ0v) is 17.0. The average molecular weight is 348 g/mol. The van der Waals surface area contributed by atoms with Gasteiger partial charge in [0, 0.05) is 24.0 Å². The lowest BCUT2D eigenvalue weighted by Gasteiger charge is -2.52. The Labute approximate surface area is 159 Å². The van der Waals surface area contributed by atoms with Gasteiger partial charge in [-0.3, -0.25) is 4.90 Å². The van der Waals surface area contributed by atoms with Crippen molar-refractivity contribution >= 4 is 0 Å². The van der Waals surface area contributed by atoms with Crippen molar-refractivity contribution in [3.8, 4) is 0 Å². The lowest BCUT2D eigenvalue weighted by Crippen LogP contribution is -2.49. The molecule has 0 aromatic heterocycles. The molecule has 0 bridgehead atoms. The largest absolute Gasteiger partial charge is 0.285 e. The molecule has 26 heavy (non-hydrogen) atoms. The van der Waals surface area contributed by atoms with Crippen LogP contribution in [0.1, 0.15) is 64.6 Å². The molecule has 0 fully saturated rings. The van der Waals surface area contributed by atoms with Crippen molar-refractivity contribution in [2.75, 3.05) is 0 Å². The zero-order valence-electron chi connectivity index (χ0n) is 17.0. The summed E-state index contributed by atoms with van der Waals surface area (Å²) in [6.07, 6.45) is 2.30. The summed E-state index contributed by atoms with van der Waals surface area (Å²) in [4.78, 5) is 2.76. The Bertz CT molecular complexity index is 742. The van der Waals surface area contributed by atoms with Crippen molar-refractivity contribution in [1.82, 2.24) is 4.90 Å². The van der Waals surface area contributed by atoms with Gasteiger partial charge in [-0.25, -0.2) is 0 Å². The molecule has 1 aliphatic rings. The summed E-state index contributed by atoms with van der Waals surface area (Å²) in [7, 11) is 0. The third-order valence-electron chi connectivity index (χ3n) is 6.36. The standard InChI is InChI=1S/C25H33N/c1-6-22-19(3)25(4,5)24(21-16-12-9-13-17-21)26(23(22)7-2)18-20-14-10-8-11-15-20/h8-17,23-24H,6-7,18H2,1-5H3/t23-,24+/m0/s1. The van der Waals surface area contributed by atoms with Gasteiger partial charge < -0.3 is 0 Å². The summed E-state index contributed by atoms with van der Waals surface area (Å²) in [6.45, 7) is 12.9. The molecule has 0 unspecified atom stereocenters. The maximum atomic E-state index is 2.76. The average Bonchev–Trinajstić information content (AvgIpc) is 2.66. The second-order valence-electron chi connectivity index (χ2n) is 8.12. The molecule has 1 aliphatic heterocycles. The number of nitrogens with zero attached hydrogens (tertiary/aromatic N) is 1. The van der Waals surface area contributed by atoms with Gasteiger partial charge in [-0.1, -0.05) is 99.5 Å². The first-order chi connectivity index (χ1) is 12.5. The molecule has 3 rings (SSSR count). The molecule has 2 aromatic rings. The zero-order chi connectivity index (χ0) is 18.7. The van der Waals surface area contributed by atoms with Crippen LogP contribution in [0.3, 0.4) is 0 Å². The highest BCUT2D eigenvalue weighted by Crippen LogP contribution is 2.51. The minimum absolute atomic E-state index is 0.118. The predicted octanol–water partition coefficient (Wildman–Crippen LogP) is 6.77. The highest BCUT2D eigenvalue weighted by Gasteiger charge is 2.45. The second-order valence-corrected chi connectivity index (χ2v) is 8.12. The molecule has 1 heteroatoms. The van der Waals surface area contributed by atoms with Crippen LogP contribution in [0.25, 0.3) is 0 Å². The summed E-state index contributed by atoms with van der Waals surface area (Å²) in [5.74, 6) is 0. The van der Waals surface area contributed by atoms with Crippen molar-refractivity contribution in [3.05, 3.63) is 82.9 Å². The molecule has 0 spiro atoms. The maximum Gasteiger partial charge on any atom is 0.0445 e. The van der Waals surface area contributed by atoms with E-state index in [1.807, 2.05) is 0 Å². The van der Waals surface area contributed by atoms with Crippen LogP contribution in [-0.2, 0) is 6.54 Å². The minimum atomic E-state index is 0.118. The molecule has 0 aliphatic carbocycles. The number of hydrogen-bond donors (Lipinski definition) is 0. The first-order valence-corrected chi connectivity index (χ1v) is 10.0. The first-order valence-electron chi connectivity index (χ1n) is 10.0. The van der Waals surface area contributed by atoms with E-state index >= 15 is 0 Å². The lowest BCUT2D eigenvalue weighted by atomic mass is 9.67. The van der Waals surface area contributed by atoms with Crippen LogP contribution >= 0.6 is 0 Å². The minimum Gasteiger partial charge on any atom is -0.285 e. The summed E-state index contributed by atoms with van der Waals surface area (Å²) in [5.41, 5.74) is 6.18. The van der Waals surface area contributed by atoms with E-state index in [2.05, 4.69) is 100 Å². The molecule has 0 N–H and O–H groups in total. The summed E-state index contributed by atoms with van der Waals surface area (Å²) < 4.78 is 0. The smallest absolute Gasteiger partial charge is 0.0445 e. The molecule has 1 heterocycles. The molecule has 0 saturated carbocycles. The Morgan fingerprint density at radius 3 is 2.00 bits per heavy atom. The number of benzene rings is 2. The first kappa shape index (κ1) is 18.9. The second kappa shape index (κ2) is 7.80. The van der Waals surface area contributed by atoms with Gasteiger partial charge in [-0.05, 0) is 30.9 Å². The van der Waals surface area contributed by atoms with E-state index in [1.165, 1.54) is 11.1 Å². The highest BCUT2D eigenvalue weighted by atomic mass is 15.2. The quantitative estimate of drug-likeness (QED) is 0.539. The molecule has 1 nitrogen and oxygen atoms in total. The molecular weight excluding hydrogens is 314 g/mol. The Balaban J connectivity index is 2.14. The van der Waals surface area contributed by atoms with Crippen molar-refractivity contribution in [2.24, 2.45) is 5.41 Å². The van der Waals surface area contributed by atoms with Crippen LogP contribution in [-0.4, -0.2) is 10.9 Å². The molecule has 0 radical (unpaired) electrons. The SMILES string of the molecule is CCC1=C(C)C(C)(C)[C@@H](c2ccccc2)N(Cc2ccccc2)[C@H]1CC. The van der Waals surface area contributed by atoms with E-state index < -0.39 is 0 Å². The molecule has 2 aromatic carbocycles. The van der Waals surface area contributed by atoms with Crippen LogP contribution in [0.2, 0.25) is 0 Å². The van der Waals surface area contributed by atoms with Gasteiger partial charge in [0.25, 0.3) is 0 Å². The van der Waals surface area contributed by atoms with Crippen LogP contribution < -0.4 is 0 Å². The molecule has 0 saturated heterocycles. The van der Waals surface area contributed by atoms with E-state index in [0.717, 1.165) is 19.4 Å². The van der Waals surface area contributed by atoms with Crippen LogP contribution in [0.4, 0.5) is 0 Å². The van der Waals surface area contributed by atoms with Gasteiger partial charge in [-0.2, -0.15) is 0 Å². The van der Waals surface area contributed by atoms with E-state index in [4.69, 9.17) is 0 Å². The predicted molar refractivity (Wildman–Crippen MR) is 112 cm³/mol. The summed E-state index contributed by atoms with van der Waals surface area (Å²) >= 11 is 0. The third kappa shape index (κ3) is 3.38. The lowest BCUT2D eigenvalue weighted by molar-refractivity contribution is 0.0479. The normalized spacial score (nSPS) is 23.3. The number of rotatable bonds is 5. The van der Waals surface area contributed by atoms with Crippen LogP contribution in [0, 0.1) is 5.41 Å². The highest BCUT2D eigenvalue weighted by molar-refractivity contribution is 5.35. The Morgan fingerprint density at radius 1 is 0.885 bits per heavy atom. The maximum absolute atomic E-state index is 2.76. The Hall–Kier alpha value is -1.86. The summed E-state index contributed by atoms with van der Waals surface area (Å²) in [6, 6.07) is 23.0. The Morgan fingerprint density at radius 2 is 1.46 bits per heavy atom. The van der Waals surface area contributed by atoms with E-state index in [-0.39, 0.29) is 5.41 Å². The van der Waals surface area contributed by atoms with Gasteiger partial charge in [0.2, 0.25) is 0 Å². The fourth-order valence-electron chi connectivity index (χ4n) is 4.88. The topological polar surface area (TPSA) is 3.24 Å². The number of hydrogen-bond acceptors (Lipinski definition) is 1. The third-order valence-corrected chi connectivity index (χ3v) is 6.36. The monoisotopic (exact) mass is 347 g/mol. The fourth-order valence-corrected chi connectivity index (χ4v) is 4.88. The summed E-state index contributed by atoms with van der Waals surface area (Å²) in [5, 5.41) is 0. The Kier molecular flexibility index (Phi) is 5.67. The molecule has 0 amide bonds. The van der Waals surface area contributed by atoms with Gasteiger partial charge in [0.05, 0.1) is 0 Å². The van der Waals surface area contributed by atoms with Crippen molar-refractivity contribution in [1.29, 1.82) is 0 Å². The van der Waals surface area contributed by atoms with Gasteiger partial charge in [-0.15, -0.1) is 0 Å². The van der Waals surface area contributed by atoms with E-state index in [9.17, 15) is 0 Å². The van der Waals surface area contributed by atoms with Crippen molar-refractivity contribution in [2.45, 2.75) is 66.1 Å².